The van der Waals surface area contributed by atoms with Crippen molar-refractivity contribution in [2.45, 2.75) is 13.3 Å². The van der Waals surface area contributed by atoms with Gasteiger partial charge in [-0.25, -0.2) is 4.98 Å². The van der Waals surface area contributed by atoms with Crippen molar-refractivity contribution in [2.75, 3.05) is 37.7 Å². The van der Waals surface area contributed by atoms with E-state index in [1.54, 1.807) is 18.3 Å². The molecule has 1 aromatic carbocycles. The normalized spacial score (nSPS) is 14.5. The van der Waals surface area contributed by atoms with E-state index in [2.05, 4.69) is 16.0 Å². The number of carbonyl (C=O) groups excluding carboxylic acids is 1. The Hall–Kier alpha value is -3.07. The highest BCUT2D eigenvalue weighted by molar-refractivity contribution is 5.94. The maximum Gasteiger partial charge on any atom is 0.255 e. The van der Waals surface area contributed by atoms with Crippen molar-refractivity contribution in [1.82, 2.24) is 9.88 Å². The van der Waals surface area contributed by atoms with Crippen LogP contribution in [0.15, 0.2) is 42.6 Å². The number of hydrogen-bond donors (Lipinski definition) is 0. The molecule has 6 nitrogen and oxygen atoms in total. The van der Waals surface area contributed by atoms with E-state index in [9.17, 15) is 10.1 Å². The molecule has 1 aromatic heterocycles. The van der Waals surface area contributed by atoms with Crippen molar-refractivity contribution in [1.29, 1.82) is 5.26 Å². The van der Waals surface area contributed by atoms with E-state index in [4.69, 9.17) is 4.74 Å². The zero-order chi connectivity index (χ0) is 18.4. The summed E-state index contributed by atoms with van der Waals surface area (Å²) < 4.78 is 5.32. The lowest BCUT2D eigenvalue weighted by molar-refractivity contribution is 0.0766. The molecule has 0 aliphatic carbocycles. The van der Waals surface area contributed by atoms with Crippen LogP contribution in [0.25, 0.3) is 0 Å². The fourth-order valence-corrected chi connectivity index (χ4v) is 3.13. The molecule has 0 N–H and O–H groups in total. The third-order valence-electron chi connectivity index (χ3n) is 4.42. The fourth-order valence-electron chi connectivity index (χ4n) is 3.13. The van der Waals surface area contributed by atoms with Crippen molar-refractivity contribution in [2.24, 2.45) is 0 Å². The first-order chi connectivity index (χ1) is 12.7. The number of nitrogens with zero attached hydrogens (tertiary/aromatic N) is 4. The maximum absolute atomic E-state index is 12.8. The lowest BCUT2D eigenvalue weighted by Gasteiger charge is -2.24. The van der Waals surface area contributed by atoms with Gasteiger partial charge in [0.05, 0.1) is 23.4 Å². The average Bonchev–Trinajstić information content (AvgIpc) is 2.94. The molecular formula is C20H22N4O2. The van der Waals surface area contributed by atoms with Gasteiger partial charge >= 0.3 is 0 Å². The van der Waals surface area contributed by atoms with Crippen LogP contribution < -0.4 is 9.64 Å². The Kier molecular flexibility index (Phi) is 5.69. The highest BCUT2D eigenvalue weighted by Gasteiger charge is 2.21. The Morgan fingerprint density at radius 1 is 1.19 bits per heavy atom. The second-order valence-corrected chi connectivity index (χ2v) is 6.08. The predicted octanol–water partition coefficient (Wildman–Crippen LogP) is 2.70. The van der Waals surface area contributed by atoms with Gasteiger partial charge in [0.1, 0.15) is 6.07 Å². The lowest BCUT2D eigenvalue weighted by Crippen LogP contribution is -2.35. The quantitative estimate of drug-likeness (QED) is 0.848. The van der Waals surface area contributed by atoms with Crippen LogP contribution in [0.5, 0.6) is 5.88 Å². The Morgan fingerprint density at radius 3 is 2.77 bits per heavy atom. The molecule has 6 heteroatoms. The molecule has 1 fully saturated rings. The number of aromatic nitrogens is 1. The van der Waals surface area contributed by atoms with Gasteiger partial charge in [-0.15, -0.1) is 0 Å². The fraction of sp³-hybridized carbons (Fsp3) is 0.350. The minimum atomic E-state index is -0.0176. The van der Waals surface area contributed by atoms with Crippen LogP contribution in [0, 0.1) is 11.3 Å². The molecule has 0 atom stereocenters. The van der Waals surface area contributed by atoms with E-state index in [0.717, 1.165) is 18.7 Å². The summed E-state index contributed by atoms with van der Waals surface area (Å²) in [5.74, 6) is 0.509. The van der Waals surface area contributed by atoms with Gasteiger partial charge < -0.3 is 14.5 Å². The summed E-state index contributed by atoms with van der Waals surface area (Å²) in [6, 6.07) is 13.3. The number of rotatable bonds is 4. The van der Waals surface area contributed by atoms with Crippen LogP contribution in [0.3, 0.4) is 0 Å². The maximum atomic E-state index is 12.8. The van der Waals surface area contributed by atoms with Gasteiger partial charge in [-0.1, -0.05) is 12.1 Å². The van der Waals surface area contributed by atoms with Crippen molar-refractivity contribution < 1.29 is 9.53 Å². The number of ether oxygens (including phenoxy) is 1. The SMILES string of the molecule is CCOc1ccc(C(=O)N2CCCN(c3ccccc3C#N)CC2)cn1. The third-order valence-corrected chi connectivity index (χ3v) is 4.42. The first-order valence-electron chi connectivity index (χ1n) is 8.85. The van der Waals surface area contributed by atoms with E-state index in [1.807, 2.05) is 36.1 Å². The molecule has 2 aromatic rings. The van der Waals surface area contributed by atoms with Gasteiger partial charge in [0.25, 0.3) is 5.91 Å². The van der Waals surface area contributed by atoms with Gasteiger partial charge in [0, 0.05) is 38.4 Å². The summed E-state index contributed by atoms with van der Waals surface area (Å²) >= 11 is 0. The number of carbonyl (C=O) groups is 1. The predicted molar refractivity (Wildman–Crippen MR) is 99.3 cm³/mol. The van der Waals surface area contributed by atoms with Gasteiger partial charge in [-0.3, -0.25) is 4.79 Å². The highest BCUT2D eigenvalue weighted by atomic mass is 16.5. The zero-order valence-electron chi connectivity index (χ0n) is 14.9. The van der Waals surface area contributed by atoms with E-state index < -0.39 is 0 Å². The zero-order valence-corrected chi connectivity index (χ0v) is 14.9. The Morgan fingerprint density at radius 2 is 2.04 bits per heavy atom. The molecular weight excluding hydrogens is 328 g/mol. The number of benzene rings is 1. The summed E-state index contributed by atoms with van der Waals surface area (Å²) in [6.07, 6.45) is 2.43. The summed E-state index contributed by atoms with van der Waals surface area (Å²) in [6.45, 7) is 5.28. The molecule has 1 saturated heterocycles. The molecule has 0 radical (unpaired) electrons. The molecule has 1 aliphatic heterocycles. The van der Waals surface area contributed by atoms with E-state index >= 15 is 0 Å². The number of para-hydroxylation sites is 1. The molecule has 0 spiro atoms. The van der Waals surface area contributed by atoms with Crippen molar-refractivity contribution in [3.05, 3.63) is 53.7 Å². The number of pyridine rings is 1. The molecule has 134 valence electrons. The van der Waals surface area contributed by atoms with Gasteiger partial charge in [-0.2, -0.15) is 5.26 Å². The summed E-state index contributed by atoms with van der Waals surface area (Å²) in [5, 5.41) is 9.31. The van der Waals surface area contributed by atoms with Crippen LogP contribution in [0.2, 0.25) is 0 Å². The first-order valence-corrected chi connectivity index (χ1v) is 8.85. The Balaban J connectivity index is 1.68. The average molecular weight is 350 g/mol. The minimum absolute atomic E-state index is 0.0176. The Bertz CT molecular complexity index is 798. The van der Waals surface area contributed by atoms with Gasteiger partial charge in [-0.05, 0) is 31.5 Å². The molecule has 0 bridgehead atoms. The molecule has 1 amide bonds. The molecule has 1 aliphatic rings. The molecule has 2 heterocycles. The summed E-state index contributed by atoms with van der Waals surface area (Å²) in [5.41, 5.74) is 2.18. The lowest BCUT2D eigenvalue weighted by atomic mass is 10.1. The monoisotopic (exact) mass is 350 g/mol. The second kappa shape index (κ2) is 8.34. The van der Waals surface area contributed by atoms with Crippen molar-refractivity contribution in [3.63, 3.8) is 0 Å². The number of nitriles is 1. The smallest absolute Gasteiger partial charge is 0.255 e. The van der Waals surface area contributed by atoms with Crippen LogP contribution in [-0.2, 0) is 0 Å². The second-order valence-electron chi connectivity index (χ2n) is 6.08. The van der Waals surface area contributed by atoms with Crippen molar-refractivity contribution in [3.8, 4) is 11.9 Å². The molecule has 3 rings (SSSR count). The minimum Gasteiger partial charge on any atom is -0.478 e. The van der Waals surface area contributed by atoms with E-state index in [0.29, 0.717) is 43.2 Å². The third kappa shape index (κ3) is 3.94. The first kappa shape index (κ1) is 17.7. The number of hydrogen-bond acceptors (Lipinski definition) is 5. The largest absolute Gasteiger partial charge is 0.478 e. The van der Waals surface area contributed by atoms with Gasteiger partial charge in [0.2, 0.25) is 5.88 Å². The summed E-state index contributed by atoms with van der Waals surface area (Å²) in [7, 11) is 0. The number of amides is 1. The van der Waals surface area contributed by atoms with Crippen LogP contribution in [-0.4, -0.2) is 48.6 Å². The summed E-state index contributed by atoms with van der Waals surface area (Å²) in [4.78, 5) is 21.0. The van der Waals surface area contributed by atoms with E-state index in [-0.39, 0.29) is 5.91 Å². The van der Waals surface area contributed by atoms with Crippen LogP contribution in [0.1, 0.15) is 29.3 Å². The standard InChI is InChI=1S/C20H22N4O2/c1-2-26-19-9-8-17(15-22-19)20(25)24-11-5-10-23(12-13-24)18-7-4-3-6-16(18)14-21/h3-4,6-9,15H,2,5,10-13H2,1H3. The van der Waals surface area contributed by atoms with Crippen LogP contribution >= 0.6 is 0 Å². The molecule has 26 heavy (non-hydrogen) atoms. The Labute approximate surface area is 153 Å². The van der Waals surface area contributed by atoms with Crippen molar-refractivity contribution >= 4 is 11.6 Å². The van der Waals surface area contributed by atoms with Crippen LogP contribution in [0.4, 0.5) is 5.69 Å². The number of anilines is 1. The molecule has 0 saturated carbocycles. The topological polar surface area (TPSA) is 69.5 Å². The highest BCUT2D eigenvalue weighted by Crippen LogP contribution is 2.21. The molecule has 0 unspecified atom stereocenters. The van der Waals surface area contributed by atoms with E-state index in [1.165, 1.54) is 0 Å². The van der Waals surface area contributed by atoms with Gasteiger partial charge in [0.15, 0.2) is 0 Å².